The maximum absolute atomic E-state index is 15.3. The van der Waals surface area contributed by atoms with Gasteiger partial charge in [0.05, 0.1) is 32.4 Å². The van der Waals surface area contributed by atoms with Gasteiger partial charge in [0.2, 0.25) is 21.5 Å². The molecule has 21 heteroatoms. The summed E-state index contributed by atoms with van der Waals surface area (Å²) in [5, 5.41) is 0. The fourth-order valence-electron chi connectivity index (χ4n) is 6.17. The van der Waals surface area contributed by atoms with E-state index in [1.54, 1.807) is 60.7 Å². The van der Waals surface area contributed by atoms with E-state index in [4.69, 9.17) is 6.42 Å². The van der Waals surface area contributed by atoms with Crippen LogP contribution < -0.4 is 4.74 Å². The molecule has 0 radical (unpaired) electrons. The molecule has 0 aliphatic carbocycles. The number of rotatable bonds is 16. The Kier molecular flexibility index (Phi) is 15.9. The van der Waals surface area contributed by atoms with Gasteiger partial charge >= 0.3 is 0 Å². The van der Waals surface area contributed by atoms with Gasteiger partial charge in [-0.2, -0.15) is 17.2 Å². The lowest BCUT2D eigenvalue weighted by molar-refractivity contribution is 0.278. The lowest BCUT2D eigenvalue weighted by Crippen LogP contribution is -2.10. The van der Waals surface area contributed by atoms with E-state index in [1.807, 2.05) is 18.4 Å². The largest absolute Gasteiger partial charge is 0.486 e. The molecule has 7 rings (SSSR count). The lowest BCUT2D eigenvalue weighted by Gasteiger charge is -2.16. The molecule has 7 aromatic carbocycles. The molecule has 350 valence electrons. The van der Waals surface area contributed by atoms with Gasteiger partial charge in [0, 0.05) is 45.6 Å². The molecular weight excluding hydrogens is 1040 g/mol. The van der Waals surface area contributed by atoms with Crippen LogP contribution >= 0.6 is 58.8 Å². The van der Waals surface area contributed by atoms with E-state index < -0.39 is 99.8 Å². The second-order valence-corrected chi connectivity index (χ2v) is 22.5. The number of hydrogen-bond acceptors (Lipinski definition) is 10. The summed E-state index contributed by atoms with van der Waals surface area (Å²) >= 11 is 5.45. The van der Waals surface area contributed by atoms with Gasteiger partial charge < -0.3 is 4.74 Å². The number of benzene rings is 7. The highest BCUT2D eigenvalue weighted by molar-refractivity contribution is 8.00. The third-order valence-corrected chi connectivity index (χ3v) is 17.2. The van der Waals surface area contributed by atoms with E-state index in [9.17, 15) is 39.0 Å². The van der Waals surface area contributed by atoms with Crippen LogP contribution in [0.1, 0.15) is 6.42 Å². The monoisotopic (exact) mass is 1060 g/mol. The van der Waals surface area contributed by atoms with Crippen molar-refractivity contribution in [3.8, 4) is 29.2 Å². The number of hydrogen-bond donors (Lipinski definition) is 1. The van der Waals surface area contributed by atoms with Crippen LogP contribution in [0.5, 0.6) is 5.75 Å². The Bertz CT molecular complexity index is 3260. The van der Waals surface area contributed by atoms with Crippen molar-refractivity contribution in [3.05, 3.63) is 162 Å². The summed E-state index contributed by atoms with van der Waals surface area (Å²) in [6.07, 6.45) is 6.70. The minimum absolute atomic E-state index is 0.0932. The zero-order valence-corrected chi connectivity index (χ0v) is 40.0. The third kappa shape index (κ3) is 11.0. The van der Waals surface area contributed by atoms with Crippen molar-refractivity contribution in [2.75, 3.05) is 12.9 Å². The second kappa shape index (κ2) is 21.3. The van der Waals surface area contributed by atoms with E-state index >= 15 is 17.6 Å². The third-order valence-electron chi connectivity index (χ3n) is 9.45. The Morgan fingerprint density at radius 3 is 1.32 bits per heavy atom. The van der Waals surface area contributed by atoms with Crippen LogP contribution in [0.3, 0.4) is 0 Å². The predicted molar refractivity (Wildman–Crippen MR) is 246 cm³/mol. The van der Waals surface area contributed by atoms with E-state index in [2.05, 4.69) is 10.7 Å². The van der Waals surface area contributed by atoms with Crippen molar-refractivity contribution in [1.29, 1.82) is 0 Å². The molecule has 0 unspecified atom stereocenters. The average Bonchev–Trinajstić information content (AvgIpc) is 3.32. The van der Waals surface area contributed by atoms with Crippen LogP contribution in [0, 0.1) is 58.9 Å². The fourth-order valence-corrected chi connectivity index (χ4v) is 12.3. The maximum Gasteiger partial charge on any atom is 0.295 e. The molecule has 0 spiro atoms. The molecule has 0 aliphatic heterocycles. The summed E-state index contributed by atoms with van der Waals surface area (Å²) in [5.41, 5.74) is -4.02. The molecule has 0 aliphatic rings. The Hall–Kier alpha value is -5.05. The summed E-state index contributed by atoms with van der Waals surface area (Å²) in [7, 11) is -9.01. The number of terminal acetylenes is 1. The van der Waals surface area contributed by atoms with Crippen molar-refractivity contribution in [3.63, 3.8) is 0 Å². The Balaban J connectivity index is 1.000. The average molecular weight is 1070 g/mol. The van der Waals surface area contributed by atoms with Crippen molar-refractivity contribution < 1.29 is 61.2 Å². The first-order chi connectivity index (χ1) is 32.3. The van der Waals surface area contributed by atoms with Crippen LogP contribution in [0.4, 0.5) is 35.1 Å². The van der Waals surface area contributed by atoms with Crippen LogP contribution in [0.25, 0.3) is 11.1 Å². The zero-order valence-electron chi connectivity index (χ0n) is 34.3. The normalized spacial score (nSPS) is 11.7. The molecule has 0 saturated carbocycles. The van der Waals surface area contributed by atoms with E-state index in [-0.39, 0.29) is 37.8 Å². The summed E-state index contributed by atoms with van der Waals surface area (Å²) in [5.74, 6) is -17.4. The first-order valence-electron chi connectivity index (χ1n) is 19.1. The number of thioether (sulfide) groups is 1. The molecule has 1 N–H and O–H groups in total. The highest BCUT2D eigenvalue weighted by Crippen LogP contribution is 2.44. The van der Waals surface area contributed by atoms with Gasteiger partial charge in [-0.1, -0.05) is 47.0 Å². The Labute approximate surface area is 406 Å². The SMILES string of the molecule is C#CCCOc1c(F)c(F)c(-c2c(F)c(F)c(Sc3ccc(Sc4ccc(Sc5ccc(S(=O)(=O)c6ccc(Sc7ccc(SC)cc7)c(S(=O)(=O)O)c6)cc5)cc4)cc3)c(F)c2F)c(F)c1F. The van der Waals surface area contributed by atoms with Crippen molar-refractivity contribution >= 4 is 78.8 Å². The minimum atomic E-state index is -4.80. The molecule has 0 heterocycles. The van der Waals surface area contributed by atoms with E-state index in [0.717, 1.165) is 32.5 Å². The van der Waals surface area contributed by atoms with E-state index in [1.165, 1.54) is 71.7 Å². The van der Waals surface area contributed by atoms with Crippen molar-refractivity contribution in [2.45, 2.75) is 65.2 Å². The Morgan fingerprint density at radius 1 is 0.515 bits per heavy atom. The van der Waals surface area contributed by atoms with Gasteiger partial charge in [-0.05, 0) is 122 Å². The Morgan fingerprint density at radius 2 is 0.897 bits per heavy atom. The molecule has 0 atom stereocenters. The molecule has 0 amide bonds. The van der Waals surface area contributed by atoms with Gasteiger partial charge in [0.15, 0.2) is 40.7 Å². The second-order valence-electron chi connectivity index (χ2n) is 13.8. The van der Waals surface area contributed by atoms with Crippen molar-refractivity contribution in [2.24, 2.45) is 0 Å². The lowest BCUT2D eigenvalue weighted by atomic mass is 10.0. The molecule has 0 saturated heterocycles. The molecule has 0 bridgehead atoms. The van der Waals surface area contributed by atoms with E-state index in [0.29, 0.717) is 14.7 Å². The quantitative estimate of drug-likeness (QED) is 0.0250. The summed E-state index contributed by atoms with van der Waals surface area (Å²) in [4.78, 5) is 2.56. The number of sulfone groups is 1. The molecule has 6 nitrogen and oxygen atoms in total. The first-order valence-corrected chi connectivity index (χ1v) is 26.5. The predicted octanol–water partition coefficient (Wildman–Crippen LogP) is 14.3. The molecule has 0 aromatic heterocycles. The molecule has 7 aromatic rings. The maximum atomic E-state index is 15.3. The first kappa shape index (κ1) is 50.8. The number of ether oxygens (including phenoxy) is 1. The fraction of sp³-hybridized carbons (Fsp3) is 0.0638. The van der Waals surface area contributed by atoms with Crippen LogP contribution in [-0.4, -0.2) is 34.3 Å². The highest BCUT2D eigenvalue weighted by Gasteiger charge is 2.35. The standard InChI is InChI=1S/C47H28F8O6S7/c1-3-4-23-61-46-42(52)38(48)36(39(49)43(46)53)37-40(50)44(54)47(45(55)41(37)51)66-31-15-13-28(14-16-31)63-26-9-11-27(12-10-26)64-29-17-19-32(20-18-29)67(56,57)33-21-22-34(35(24-33)68(58,59)60)65-30-7-5-25(62-2)6-8-30/h1,5-22,24H,4,23H2,2H3,(H,58,59,60). The summed E-state index contributed by atoms with van der Waals surface area (Å²) < 4.78 is 187. The van der Waals surface area contributed by atoms with Crippen LogP contribution in [0.15, 0.2) is 174 Å². The van der Waals surface area contributed by atoms with Gasteiger partial charge in [0.25, 0.3) is 10.1 Å². The summed E-state index contributed by atoms with van der Waals surface area (Å²) in [6, 6.07) is 29.8. The summed E-state index contributed by atoms with van der Waals surface area (Å²) in [6.45, 7) is -0.575. The molecule has 68 heavy (non-hydrogen) atoms. The van der Waals surface area contributed by atoms with Crippen molar-refractivity contribution in [1.82, 2.24) is 0 Å². The topological polar surface area (TPSA) is 97.7 Å². The van der Waals surface area contributed by atoms with Gasteiger partial charge in [0.1, 0.15) is 4.90 Å². The van der Waals surface area contributed by atoms with Crippen LogP contribution in [0.2, 0.25) is 0 Å². The van der Waals surface area contributed by atoms with Gasteiger partial charge in [-0.25, -0.2) is 34.8 Å². The molecule has 0 fully saturated rings. The smallest absolute Gasteiger partial charge is 0.295 e. The number of halogens is 8. The van der Waals surface area contributed by atoms with Gasteiger partial charge in [-0.15, -0.1) is 24.1 Å². The van der Waals surface area contributed by atoms with Gasteiger partial charge in [-0.3, -0.25) is 4.55 Å². The zero-order chi connectivity index (χ0) is 49.1. The highest BCUT2D eigenvalue weighted by atomic mass is 32.2. The van der Waals surface area contributed by atoms with Crippen LogP contribution in [-0.2, 0) is 20.0 Å². The molecular formula is C47H28F8O6S7. The minimum Gasteiger partial charge on any atom is -0.486 e.